The number of ether oxygens (including phenoxy) is 1. The summed E-state index contributed by atoms with van der Waals surface area (Å²) < 4.78 is 5.41. The zero-order valence-corrected chi connectivity index (χ0v) is 19.9. The quantitative estimate of drug-likeness (QED) is 0.525. The maximum atomic E-state index is 13.8. The number of hydrogen-bond acceptors (Lipinski definition) is 3. The number of halogens is 1. The van der Waals surface area contributed by atoms with Crippen molar-refractivity contribution in [2.24, 2.45) is 5.92 Å². The van der Waals surface area contributed by atoms with E-state index in [1.54, 1.807) is 25.3 Å². The highest BCUT2D eigenvalue weighted by molar-refractivity contribution is 6.31. The minimum absolute atomic E-state index is 0.0663. The number of nitrogens with two attached hydrogens (primary N) is 1. The smallest absolute Gasteiger partial charge is 0.291 e. The Morgan fingerprint density at radius 2 is 1.97 bits per heavy atom. The molecule has 1 saturated heterocycles. The van der Waals surface area contributed by atoms with Crippen LogP contribution in [-0.2, 0) is 21.5 Å². The number of benzene rings is 3. The van der Waals surface area contributed by atoms with Crippen LogP contribution in [0.4, 0.5) is 11.4 Å². The van der Waals surface area contributed by atoms with Gasteiger partial charge in [0.25, 0.3) is 5.91 Å². The number of carbonyl (C=O) groups excluding carboxylic acids is 2. The van der Waals surface area contributed by atoms with E-state index in [-0.39, 0.29) is 17.9 Å². The largest absolute Gasteiger partial charge is 0.495 e. The molecule has 3 atom stereocenters. The van der Waals surface area contributed by atoms with E-state index in [1.807, 2.05) is 43.3 Å². The Kier molecular flexibility index (Phi) is 5.80. The topological polar surface area (TPSA) is 84.0 Å². The van der Waals surface area contributed by atoms with Crippen molar-refractivity contribution in [1.29, 1.82) is 0 Å². The molecule has 2 unspecified atom stereocenters. The van der Waals surface area contributed by atoms with Crippen LogP contribution in [0.3, 0.4) is 0 Å². The molecule has 2 aliphatic rings. The van der Waals surface area contributed by atoms with Crippen molar-refractivity contribution in [2.75, 3.05) is 17.7 Å². The van der Waals surface area contributed by atoms with Gasteiger partial charge in [-0.05, 0) is 36.2 Å². The molecule has 2 amide bonds. The summed E-state index contributed by atoms with van der Waals surface area (Å²) in [5, 5.41) is 8.65. The first-order valence-electron chi connectivity index (χ1n) is 11.4. The van der Waals surface area contributed by atoms with Crippen LogP contribution in [0.25, 0.3) is 0 Å². The van der Waals surface area contributed by atoms with Crippen LogP contribution in [0.1, 0.15) is 23.1 Å². The number of methoxy groups -OCH3 is 1. The van der Waals surface area contributed by atoms with Gasteiger partial charge in [-0.3, -0.25) is 9.59 Å². The lowest BCUT2D eigenvalue weighted by atomic mass is 9.79. The lowest BCUT2D eigenvalue weighted by Gasteiger charge is -2.26. The number of amides is 2. The summed E-state index contributed by atoms with van der Waals surface area (Å²) >= 11 is 6.18. The van der Waals surface area contributed by atoms with Crippen molar-refractivity contribution < 1.29 is 19.6 Å². The average Bonchev–Trinajstić information content (AvgIpc) is 3.34. The van der Waals surface area contributed by atoms with Gasteiger partial charge in [0.05, 0.1) is 24.5 Å². The molecule has 34 heavy (non-hydrogen) atoms. The predicted octanol–water partition coefficient (Wildman–Crippen LogP) is 3.64. The van der Waals surface area contributed by atoms with Gasteiger partial charge in [0.2, 0.25) is 11.4 Å². The molecule has 3 aromatic rings. The highest BCUT2D eigenvalue weighted by atomic mass is 35.5. The molecule has 174 valence electrons. The van der Waals surface area contributed by atoms with Crippen LogP contribution in [0, 0.1) is 12.8 Å². The van der Waals surface area contributed by atoms with Crippen molar-refractivity contribution in [1.82, 2.24) is 0 Å². The third kappa shape index (κ3) is 3.73. The fourth-order valence-electron chi connectivity index (χ4n) is 5.44. The number of nitrogens with one attached hydrogen (secondary N) is 2. The molecule has 3 aromatic carbocycles. The standard InChI is InChI=1S/C27H26ClN3O3/c1-16-7-6-10-20-24(16)30-26(33)27(20)21(15-19(31-27)13-17-8-4-3-5-9-17)25(32)29-22-14-18(28)11-12-23(22)34-2/h3-12,14,19,21,31H,13,15H2,1-2H3,(H,29,32)(H,30,33)/p+1/t19?,21?,27-/m1/s1. The number of quaternary nitrogens is 1. The first-order chi connectivity index (χ1) is 16.4. The lowest BCUT2D eigenvalue weighted by molar-refractivity contribution is -0.731. The maximum absolute atomic E-state index is 13.8. The second-order valence-corrected chi connectivity index (χ2v) is 9.50. The van der Waals surface area contributed by atoms with E-state index < -0.39 is 11.5 Å². The molecular formula is C27H27ClN3O3+. The Hall–Kier alpha value is -3.35. The molecule has 2 aliphatic heterocycles. The van der Waals surface area contributed by atoms with Gasteiger partial charge in [0.1, 0.15) is 11.7 Å². The fraction of sp³-hybridized carbons (Fsp3) is 0.259. The molecule has 6 nitrogen and oxygen atoms in total. The lowest BCUT2D eigenvalue weighted by Crippen LogP contribution is -2.98. The number of anilines is 2. The van der Waals surface area contributed by atoms with E-state index in [9.17, 15) is 9.59 Å². The van der Waals surface area contributed by atoms with E-state index in [2.05, 4.69) is 28.1 Å². The highest BCUT2D eigenvalue weighted by Gasteiger charge is 2.64. The number of aryl methyl sites for hydroxylation is 1. The minimum atomic E-state index is -1.03. The Bertz CT molecular complexity index is 1260. The van der Waals surface area contributed by atoms with Gasteiger partial charge < -0.3 is 20.7 Å². The first-order valence-corrected chi connectivity index (χ1v) is 11.8. The monoisotopic (exact) mass is 476 g/mol. The number of para-hydroxylation sites is 1. The van der Waals surface area contributed by atoms with Crippen molar-refractivity contribution in [2.45, 2.75) is 31.3 Å². The second-order valence-electron chi connectivity index (χ2n) is 9.06. The number of rotatable bonds is 5. The van der Waals surface area contributed by atoms with Crippen LogP contribution in [0.15, 0.2) is 66.7 Å². The van der Waals surface area contributed by atoms with Gasteiger partial charge in [-0.1, -0.05) is 60.1 Å². The minimum Gasteiger partial charge on any atom is -0.495 e. The zero-order valence-electron chi connectivity index (χ0n) is 19.1. The first kappa shape index (κ1) is 22.4. The van der Waals surface area contributed by atoms with Gasteiger partial charge in [0.15, 0.2) is 0 Å². The molecular weight excluding hydrogens is 450 g/mol. The molecule has 0 aliphatic carbocycles. The van der Waals surface area contributed by atoms with Crippen LogP contribution >= 0.6 is 11.6 Å². The summed E-state index contributed by atoms with van der Waals surface area (Å²) in [4.78, 5) is 27.4. The Balaban J connectivity index is 1.54. The summed E-state index contributed by atoms with van der Waals surface area (Å²) in [5.41, 5.74) is 3.30. The van der Waals surface area contributed by atoms with Crippen LogP contribution in [0.5, 0.6) is 5.75 Å². The van der Waals surface area contributed by atoms with E-state index in [1.165, 1.54) is 5.56 Å². The van der Waals surface area contributed by atoms with Crippen molar-refractivity contribution >= 4 is 34.8 Å². The molecule has 0 bridgehead atoms. The summed E-state index contributed by atoms with van der Waals surface area (Å²) in [6.07, 6.45) is 1.33. The Morgan fingerprint density at radius 3 is 2.74 bits per heavy atom. The Morgan fingerprint density at radius 1 is 1.18 bits per heavy atom. The normalized spacial score (nSPS) is 23.0. The summed E-state index contributed by atoms with van der Waals surface area (Å²) in [5.74, 6) is -0.433. The maximum Gasteiger partial charge on any atom is 0.291 e. The van der Waals surface area contributed by atoms with Gasteiger partial charge >= 0.3 is 0 Å². The molecule has 4 N–H and O–H groups in total. The second kappa shape index (κ2) is 8.78. The molecule has 0 aromatic heterocycles. The average molecular weight is 477 g/mol. The number of fused-ring (bicyclic) bond motifs is 2. The van der Waals surface area contributed by atoms with E-state index in [0.717, 1.165) is 23.2 Å². The molecule has 7 heteroatoms. The predicted molar refractivity (Wildman–Crippen MR) is 132 cm³/mol. The highest BCUT2D eigenvalue weighted by Crippen LogP contribution is 2.45. The van der Waals surface area contributed by atoms with E-state index >= 15 is 0 Å². The summed E-state index contributed by atoms with van der Waals surface area (Å²) in [6.45, 7) is 1.97. The van der Waals surface area contributed by atoms with Gasteiger partial charge in [-0.25, -0.2) is 0 Å². The van der Waals surface area contributed by atoms with Crippen LogP contribution in [-0.4, -0.2) is 25.0 Å². The van der Waals surface area contributed by atoms with Gasteiger partial charge in [-0.2, -0.15) is 0 Å². The molecule has 1 fully saturated rings. The molecule has 0 radical (unpaired) electrons. The van der Waals surface area contributed by atoms with Gasteiger partial charge in [-0.15, -0.1) is 0 Å². The summed E-state index contributed by atoms with van der Waals surface area (Å²) in [7, 11) is 1.54. The van der Waals surface area contributed by atoms with Gasteiger partial charge in [0, 0.05) is 23.4 Å². The van der Waals surface area contributed by atoms with Crippen LogP contribution in [0.2, 0.25) is 5.02 Å². The zero-order chi connectivity index (χ0) is 23.9. The molecule has 5 rings (SSSR count). The SMILES string of the molecule is COc1ccc(Cl)cc1NC(=O)C1CC(Cc2ccccc2)[NH2+][C@@]12C(=O)Nc1c(C)cccc12. The molecule has 2 heterocycles. The van der Waals surface area contributed by atoms with Crippen molar-refractivity contribution in [3.05, 3.63) is 88.4 Å². The Labute approximate surface area is 203 Å². The number of carbonyl (C=O) groups is 2. The summed E-state index contributed by atoms with van der Waals surface area (Å²) in [6, 6.07) is 21.2. The van der Waals surface area contributed by atoms with Crippen LogP contribution < -0.4 is 20.7 Å². The van der Waals surface area contributed by atoms with E-state index in [0.29, 0.717) is 22.9 Å². The molecule has 1 spiro atoms. The van der Waals surface area contributed by atoms with Crippen molar-refractivity contribution in [3.8, 4) is 5.75 Å². The number of hydrogen-bond donors (Lipinski definition) is 3. The van der Waals surface area contributed by atoms with E-state index in [4.69, 9.17) is 16.3 Å². The van der Waals surface area contributed by atoms with Crippen molar-refractivity contribution in [3.63, 3.8) is 0 Å². The third-order valence-electron chi connectivity index (χ3n) is 7.00. The third-order valence-corrected chi connectivity index (χ3v) is 7.23. The molecule has 0 saturated carbocycles. The fourth-order valence-corrected chi connectivity index (χ4v) is 5.62.